The minimum absolute atomic E-state index is 0.564. The van der Waals surface area contributed by atoms with E-state index in [1.165, 1.54) is 31.3 Å². The molecule has 0 bridgehead atoms. The second-order valence-corrected chi connectivity index (χ2v) is 14.5. The fourth-order valence-electron chi connectivity index (χ4n) is 7.81. The Kier molecular flexibility index (Phi) is 6.97. The van der Waals surface area contributed by atoms with Gasteiger partial charge in [-0.25, -0.2) is 4.98 Å². The second-order valence-electron chi connectivity index (χ2n) is 13.5. The highest BCUT2D eigenvalue weighted by Crippen LogP contribution is 2.48. The van der Waals surface area contributed by atoms with Crippen LogP contribution in [-0.4, -0.2) is 24.5 Å². The van der Waals surface area contributed by atoms with Crippen LogP contribution < -0.4 is 0 Å². The summed E-state index contributed by atoms with van der Waals surface area (Å²) in [5.74, 6) is 1.80. The third-order valence-corrected chi connectivity index (χ3v) is 11.5. The predicted molar refractivity (Wildman–Crippen MR) is 224 cm³/mol. The van der Waals surface area contributed by atoms with E-state index in [2.05, 4.69) is 138 Å². The fourth-order valence-corrected chi connectivity index (χ4v) is 9.05. The maximum atomic E-state index is 5.27. The number of hydrogen-bond acceptors (Lipinski definition) is 5. The SMILES string of the molecule is c1ccc(-c2ccc3sc4c(c3c2)c2cccnc2c2c3cc(-c5ccccc5)ccc3n(-c3nc(-c5ccccc5)nc(-c5ccccc5)n3)c42)cc1. The first-order chi connectivity index (χ1) is 26.8. The first kappa shape index (κ1) is 30.6. The van der Waals surface area contributed by atoms with E-state index in [0.29, 0.717) is 17.6 Å². The van der Waals surface area contributed by atoms with Crippen LogP contribution in [0.3, 0.4) is 0 Å². The largest absolute Gasteiger partial charge is 0.276 e. The summed E-state index contributed by atoms with van der Waals surface area (Å²) in [4.78, 5) is 20.7. The molecule has 54 heavy (non-hydrogen) atoms. The van der Waals surface area contributed by atoms with Crippen molar-refractivity contribution in [2.75, 3.05) is 0 Å². The van der Waals surface area contributed by atoms with E-state index in [1.807, 2.05) is 53.9 Å². The number of rotatable bonds is 5. The molecule has 0 spiro atoms. The lowest BCUT2D eigenvalue weighted by Crippen LogP contribution is -2.06. The third-order valence-electron chi connectivity index (χ3n) is 10.3. The van der Waals surface area contributed by atoms with Crippen LogP contribution in [0.25, 0.3) is 104 Å². The molecule has 252 valence electrons. The number of thiophene rings is 1. The van der Waals surface area contributed by atoms with Gasteiger partial charge in [0.15, 0.2) is 11.6 Å². The Hall–Kier alpha value is -7.02. The highest BCUT2D eigenvalue weighted by atomic mass is 32.1. The summed E-state index contributed by atoms with van der Waals surface area (Å²) >= 11 is 1.82. The van der Waals surface area contributed by atoms with Crippen molar-refractivity contribution < 1.29 is 0 Å². The van der Waals surface area contributed by atoms with Crippen molar-refractivity contribution in [1.82, 2.24) is 24.5 Å². The topological polar surface area (TPSA) is 56.5 Å². The quantitative estimate of drug-likeness (QED) is 0.179. The van der Waals surface area contributed by atoms with Crippen LogP contribution in [0.1, 0.15) is 0 Å². The van der Waals surface area contributed by atoms with Crippen molar-refractivity contribution in [3.05, 3.63) is 176 Å². The van der Waals surface area contributed by atoms with Crippen molar-refractivity contribution in [2.45, 2.75) is 0 Å². The van der Waals surface area contributed by atoms with Gasteiger partial charge in [0.1, 0.15) is 0 Å². The standard InChI is InChI=1S/C48H29N5S/c1-5-14-30(15-6-1)34-23-25-39-37(28-34)42-43-36(22-13-27-49-43)41-38-29-35(31-16-7-2-8-17-31)24-26-40(38)54-45(41)44(42)53(39)48-51-46(32-18-9-3-10-19-32)50-47(52-48)33-20-11-4-12-21-33/h1-29H. The minimum atomic E-state index is 0.564. The molecule has 6 heteroatoms. The van der Waals surface area contributed by atoms with Gasteiger partial charge >= 0.3 is 0 Å². The molecule has 0 N–H and O–H groups in total. The van der Waals surface area contributed by atoms with Gasteiger partial charge in [0, 0.05) is 49.0 Å². The lowest BCUT2D eigenvalue weighted by Gasteiger charge is -2.12. The zero-order chi connectivity index (χ0) is 35.6. The molecule has 0 unspecified atom stereocenters. The average Bonchev–Trinajstić information content (AvgIpc) is 3.81. The van der Waals surface area contributed by atoms with Gasteiger partial charge in [-0.15, -0.1) is 11.3 Å². The number of nitrogens with zero attached hydrogens (tertiary/aromatic N) is 5. The number of benzene rings is 7. The van der Waals surface area contributed by atoms with E-state index < -0.39 is 0 Å². The Morgan fingerprint density at radius 2 is 0.981 bits per heavy atom. The van der Waals surface area contributed by atoms with Gasteiger partial charge < -0.3 is 0 Å². The summed E-state index contributed by atoms with van der Waals surface area (Å²) in [6.45, 7) is 0. The fraction of sp³-hybridized carbons (Fsp3) is 0. The van der Waals surface area contributed by atoms with Crippen molar-refractivity contribution in [3.63, 3.8) is 0 Å². The predicted octanol–water partition coefficient (Wildman–Crippen LogP) is 12.6. The molecule has 11 aromatic rings. The first-order valence-corrected chi connectivity index (χ1v) is 18.8. The maximum absolute atomic E-state index is 5.27. The van der Waals surface area contributed by atoms with Crippen molar-refractivity contribution in [3.8, 4) is 51.0 Å². The summed E-state index contributed by atoms with van der Waals surface area (Å²) in [7, 11) is 0. The lowest BCUT2D eigenvalue weighted by atomic mass is 9.98. The molecular weight excluding hydrogens is 679 g/mol. The van der Waals surface area contributed by atoms with Crippen molar-refractivity contribution >= 4 is 64.2 Å². The summed E-state index contributed by atoms with van der Waals surface area (Å²) < 4.78 is 4.64. The van der Waals surface area contributed by atoms with Gasteiger partial charge in [0.25, 0.3) is 0 Å². The van der Waals surface area contributed by atoms with Gasteiger partial charge in [0.05, 0.1) is 21.3 Å². The van der Waals surface area contributed by atoms with E-state index in [9.17, 15) is 0 Å². The van der Waals surface area contributed by atoms with Crippen LogP contribution in [0, 0.1) is 0 Å². The van der Waals surface area contributed by atoms with Crippen molar-refractivity contribution in [2.24, 2.45) is 0 Å². The number of pyridine rings is 1. The third kappa shape index (κ3) is 4.85. The maximum Gasteiger partial charge on any atom is 0.238 e. The van der Waals surface area contributed by atoms with Gasteiger partial charge in [-0.3, -0.25) is 9.55 Å². The van der Waals surface area contributed by atoms with Gasteiger partial charge in [-0.1, -0.05) is 140 Å². The van der Waals surface area contributed by atoms with E-state index >= 15 is 0 Å². The van der Waals surface area contributed by atoms with Crippen LogP contribution in [0.15, 0.2) is 176 Å². The van der Waals surface area contributed by atoms with E-state index in [0.717, 1.165) is 55.0 Å². The second kappa shape index (κ2) is 12.3. The summed E-state index contributed by atoms with van der Waals surface area (Å²) in [6.07, 6.45) is 1.91. The van der Waals surface area contributed by atoms with Gasteiger partial charge in [-0.2, -0.15) is 9.97 Å². The van der Waals surface area contributed by atoms with Crippen LogP contribution in [-0.2, 0) is 0 Å². The van der Waals surface area contributed by atoms with Crippen molar-refractivity contribution in [1.29, 1.82) is 0 Å². The number of fused-ring (bicyclic) bond motifs is 10. The Bertz CT molecular complexity index is 3130. The number of aromatic nitrogens is 5. The molecule has 0 amide bonds. The Morgan fingerprint density at radius 3 is 1.59 bits per heavy atom. The smallest absolute Gasteiger partial charge is 0.238 e. The number of hydrogen-bond donors (Lipinski definition) is 0. The molecule has 0 atom stereocenters. The van der Waals surface area contributed by atoms with Gasteiger partial charge in [-0.05, 0) is 52.6 Å². The lowest BCUT2D eigenvalue weighted by molar-refractivity contribution is 0.955. The average molecular weight is 708 g/mol. The highest BCUT2D eigenvalue weighted by Gasteiger charge is 2.25. The molecular formula is C48H29N5S. The monoisotopic (exact) mass is 707 g/mol. The first-order valence-electron chi connectivity index (χ1n) is 18.0. The van der Waals surface area contributed by atoms with E-state index in [-0.39, 0.29) is 0 Å². The Morgan fingerprint density at radius 1 is 0.426 bits per heavy atom. The molecule has 0 saturated heterocycles. The van der Waals surface area contributed by atoms with Crippen LogP contribution >= 0.6 is 11.3 Å². The van der Waals surface area contributed by atoms with Crippen LogP contribution in [0.2, 0.25) is 0 Å². The van der Waals surface area contributed by atoms with Crippen LogP contribution in [0.5, 0.6) is 0 Å². The summed E-state index contributed by atoms with van der Waals surface area (Å²) in [5.41, 5.74) is 9.55. The highest BCUT2D eigenvalue weighted by molar-refractivity contribution is 7.27. The minimum Gasteiger partial charge on any atom is -0.276 e. The molecule has 0 aliphatic rings. The molecule has 0 radical (unpaired) electrons. The zero-order valence-electron chi connectivity index (χ0n) is 28.9. The molecule has 4 heterocycles. The van der Waals surface area contributed by atoms with Gasteiger partial charge in [0.2, 0.25) is 5.95 Å². The molecule has 0 aliphatic heterocycles. The molecule has 11 rings (SSSR count). The normalized spacial score (nSPS) is 11.7. The zero-order valence-corrected chi connectivity index (χ0v) is 29.7. The molecule has 0 fully saturated rings. The summed E-state index contributed by atoms with van der Waals surface area (Å²) in [6, 6.07) is 59.3. The Labute approximate surface area is 314 Å². The molecule has 0 aliphatic carbocycles. The molecule has 5 nitrogen and oxygen atoms in total. The molecule has 4 aromatic heterocycles. The molecule has 0 saturated carbocycles. The Balaban J connectivity index is 1.32. The molecule has 7 aromatic carbocycles. The van der Waals surface area contributed by atoms with E-state index in [1.54, 1.807) is 0 Å². The van der Waals surface area contributed by atoms with Crippen LogP contribution in [0.4, 0.5) is 0 Å². The summed E-state index contributed by atoms with van der Waals surface area (Å²) in [5, 5.41) is 5.72. The van der Waals surface area contributed by atoms with E-state index in [4.69, 9.17) is 19.9 Å².